The lowest BCUT2D eigenvalue weighted by Gasteiger charge is -2.48. The third-order valence-corrected chi connectivity index (χ3v) is 22.4. The van der Waals surface area contributed by atoms with E-state index in [1.807, 2.05) is 6.08 Å². The highest BCUT2D eigenvalue weighted by Gasteiger charge is 2.54. The molecule has 3 heterocycles. The summed E-state index contributed by atoms with van der Waals surface area (Å²) in [5.74, 6) is -0.280. The van der Waals surface area contributed by atoms with Gasteiger partial charge in [0.1, 0.15) is 73.2 Å². The molecule has 0 aliphatic carbocycles. The molecule has 19 heteroatoms. The molecular formula is C93H167NO18. The minimum absolute atomic E-state index is 0.237. The Labute approximate surface area is 680 Å². The quantitative estimate of drug-likeness (QED) is 0.0199. The van der Waals surface area contributed by atoms with Gasteiger partial charge in [-0.3, -0.25) is 4.79 Å². The Hall–Kier alpha value is -3.03. The summed E-state index contributed by atoms with van der Waals surface area (Å²) in [4.78, 5) is 13.5. The average Bonchev–Trinajstić information content (AvgIpc) is 0.780. The van der Waals surface area contributed by atoms with E-state index >= 15 is 0 Å². The van der Waals surface area contributed by atoms with Crippen molar-refractivity contribution >= 4 is 5.91 Å². The van der Waals surface area contributed by atoms with Gasteiger partial charge in [-0.2, -0.15) is 0 Å². The monoisotopic (exact) mass is 1590 g/mol. The maximum Gasteiger partial charge on any atom is 0.220 e. The van der Waals surface area contributed by atoms with Gasteiger partial charge in [-0.1, -0.05) is 369 Å². The maximum absolute atomic E-state index is 13.5. The van der Waals surface area contributed by atoms with Crippen LogP contribution in [0.4, 0.5) is 0 Å². The van der Waals surface area contributed by atoms with Gasteiger partial charge >= 0.3 is 0 Å². The molecule has 1 amide bonds. The summed E-state index contributed by atoms with van der Waals surface area (Å²) in [6.45, 7) is 1.66. The van der Waals surface area contributed by atoms with Gasteiger partial charge in [0.15, 0.2) is 18.9 Å². The van der Waals surface area contributed by atoms with Crippen LogP contribution in [0.15, 0.2) is 85.1 Å². The Kier molecular flexibility index (Phi) is 66.3. The summed E-state index contributed by atoms with van der Waals surface area (Å²) >= 11 is 0. The first-order valence-corrected chi connectivity index (χ1v) is 45.8. The van der Waals surface area contributed by atoms with Gasteiger partial charge < -0.3 is 89.9 Å². The first kappa shape index (κ1) is 103. The van der Waals surface area contributed by atoms with Crippen LogP contribution in [-0.4, -0.2) is 193 Å². The predicted molar refractivity (Wildman–Crippen MR) is 452 cm³/mol. The minimum atomic E-state index is -1.98. The summed E-state index contributed by atoms with van der Waals surface area (Å²) in [6, 6.07) is -0.994. The fourth-order valence-corrected chi connectivity index (χ4v) is 15.2. The molecule has 112 heavy (non-hydrogen) atoms. The van der Waals surface area contributed by atoms with Crippen molar-refractivity contribution in [2.45, 2.75) is 471 Å². The fourth-order valence-electron chi connectivity index (χ4n) is 15.2. The second-order valence-corrected chi connectivity index (χ2v) is 32.4. The number of aliphatic hydroxyl groups is 11. The molecule has 3 fully saturated rings. The van der Waals surface area contributed by atoms with Gasteiger partial charge in [0.05, 0.1) is 38.6 Å². The lowest BCUT2D eigenvalue weighted by molar-refractivity contribution is -0.379. The lowest BCUT2D eigenvalue weighted by Crippen LogP contribution is -2.66. The van der Waals surface area contributed by atoms with Crippen molar-refractivity contribution < 1.29 is 89.4 Å². The molecule has 0 bridgehead atoms. The van der Waals surface area contributed by atoms with E-state index in [4.69, 9.17) is 28.4 Å². The molecular weight excluding hydrogens is 1420 g/mol. The third kappa shape index (κ3) is 50.0. The summed E-state index contributed by atoms with van der Waals surface area (Å²) in [6.07, 6.45) is 71.7. The highest BCUT2D eigenvalue weighted by Crippen LogP contribution is 2.34. The largest absolute Gasteiger partial charge is 0.394 e. The molecule has 0 aromatic rings. The summed E-state index contributed by atoms with van der Waals surface area (Å²) in [7, 11) is 0. The SMILES string of the molecule is CC/C=C\C/C=C\C/C=C\C/C=C\C/C=C\CCCCCCCCCCCCCCCCCCCCCCCCCC(=O)NC(COC1OC(CO)C(OC2OC(CO)C(OC3OC(CO)C(O)C(O)C3O)C(O)C2O)C(O)C1O)C(O)/C=C/CC/C=C/CCCCCCCCCCCCCCCCCCCCCCCC. The van der Waals surface area contributed by atoms with E-state index in [2.05, 4.69) is 92.1 Å². The molecule has 17 unspecified atom stereocenters. The van der Waals surface area contributed by atoms with Crippen LogP contribution < -0.4 is 5.32 Å². The summed E-state index contributed by atoms with van der Waals surface area (Å²) < 4.78 is 34.5. The predicted octanol–water partition coefficient (Wildman–Crippen LogP) is 17.7. The molecule has 19 nitrogen and oxygen atoms in total. The molecule has 0 aromatic carbocycles. The molecule has 652 valence electrons. The zero-order chi connectivity index (χ0) is 81.0. The van der Waals surface area contributed by atoms with Crippen molar-refractivity contribution in [1.82, 2.24) is 5.32 Å². The number of carbonyl (C=O) groups is 1. The van der Waals surface area contributed by atoms with Crippen LogP contribution in [-0.2, 0) is 33.2 Å². The highest BCUT2D eigenvalue weighted by molar-refractivity contribution is 5.76. The van der Waals surface area contributed by atoms with E-state index < -0.39 is 124 Å². The number of carbonyl (C=O) groups excluding carboxylic acids is 1. The van der Waals surface area contributed by atoms with Gasteiger partial charge in [-0.25, -0.2) is 0 Å². The number of aliphatic hydroxyl groups excluding tert-OH is 11. The van der Waals surface area contributed by atoms with Crippen LogP contribution in [0.3, 0.4) is 0 Å². The smallest absolute Gasteiger partial charge is 0.220 e. The fraction of sp³-hybridized carbons (Fsp3) is 0.839. The van der Waals surface area contributed by atoms with Crippen LogP contribution in [0.25, 0.3) is 0 Å². The van der Waals surface area contributed by atoms with E-state index in [-0.39, 0.29) is 18.9 Å². The van der Waals surface area contributed by atoms with Crippen molar-refractivity contribution in [2.75, 3.05) is 26.4 Å². The number of hydrogen-bond donors (Lipinski definition) is 12. The summed E-state index contributed by atoms with van der Waals surface area (Å²) in [5.41, 5.74) is 0. The van der Waals surface area contributed by atoms with Crippen molar-refractivity contribution in [3.05, 3.63) is 85.1 Å². The Balaban J connectivity index is 1.31. The Morgan fingerprint density at radius 2 is 0.625 bits per heavy atom. The number of amides is 1. The number of nitrogens with one attached hydrogen (secondary N) is 1. The Morgan fingerprint density at radius 3 is 1.00 bits per heavy atom. The first-order valence-electron chi connectivity index (χ1n) is 45.8. The van der Waals surface area contributed by atoms with E-state index in [0.717, 1.165) is 70.6 Å². The zero-order valence-corrected chi connectivity index (χ0v) is 70.4. The third-order valence-electron chi connectivity index (χ3n) is 22.4. The molecule has 3 rings (SSSR count). The van der Waals surface area contributed by atoms with Gasteiger partial charge in [-0.15, -0.1) is 0 Å². The van der Waals surface area contributed by atoms with Gasteiger partial charge in [0, 0.05) is 6.42 Å². The van der Waals surface area contributed by atoms with Crippen LogP contribution in [0.5, 0.6) is 0 Å². The minimum Gasteiger partial charge on any atom is -0.394 e. The molecule has 12 N–H and O–H groups in total. The maximum atomic E-state index is 13.5. The van der Waals surface area contributed by atoms with Crippen LogP contribution in [0, 0.1) is 0 Å². The molecule has 0 aromatic heterocycles. The number of rotatable bonds is 74. The van der Waals surface area contributed by atoms with E-state index in [1.54, 1.807) is 6.08 Å². The summed E-state index contributed by atoms with van der Waals surface area (Å²) in [5, 5.41) is 121. The number of allylic oxidation sites excluding steroid dienone is 13. The second kappa shape index (κ2) is 72.0. The molecule has 3 saturated heterocycles. The highest BCUT2D eigenvalue weighted by atomic mass is 16.8. The molecule has 3 aliphatic rings. The van der Waals surface area contributed by atoms with Gasteiger partial charge in [0.25, 0.3) is 0 Å². The van der Waals surface area contributed by atoms with Crippen LogP contribution in [0.1, 0.15) is 367 Å². The lowest BCUT2D eigenvalue weighted by atomic mass is 9.96. The zero-order valence-electron chi connectivity index (χ0n) is 70.4. The van der Waals surface area contributed by atoms with Crippen molar-refractivity contribution in [3.63, 3.8) is 0 Å². The van der Waals surface area contributed by atoms with E-state index in [1.165, 1.54) is 263 Å². The van der Waals surface area contributed by atoms with Crippen LogP contribution in [0.2, 0.25) is 0 Å². The Bertz CT molecular complexity index is 2350. The average molecular weight is 1590 g/mol. The van der Waals surface area contributed by atoms with Crippen molar-refractivity contribution in [1.29, 1.82) is 0 Å². The van der Waals surface area contributed by atoms with Crippen molar-refractivity contribution in [2.24, 2.45) is 0 Å². The number of unbranched alkanes of at least 4 members (excludes halogenated alkanes) is 46. The first-order chi connectivity index (χ1) is 54.8. The van der Waals surface area contributed by atoms with Crippen molar-refractivity contribution in [3.8, 4) is 0 Å². The second-order valence-electron chi connectivity index (χ2n) is 32.4. The molecule has 3 aliphatic heterocycles. The van der Waals surface area contributed by atoms with Crippen LogP contribution >= 0.6 is 0 Å². The van der Waals surface area contributed by atoms with E-state index in [9.17, 15) is 61.0 Å². The van der Waals surface area contributed by atoms with Gasteiger partial charge in [-0.05, 0) is 77.0 Å². The molecule has 0 spiro atoms. The van der Waals surface area contributed by atoms with E-state index in [0.29, 0.717) is 12.8 Å². The Morgan fingerprint density at radius 1 is 0.330 bits per heavy atom. The van der Waals surface area contributed by atoms with Gasteiger partial charge in [0.2, 0.25) is 5.91 Å². The topological polar surface area (TPSA) is 307 Å². The number of hydrogen-bond acceptors (Lipinski definition) is 18. The standard InChI is InChI=1S/C93H167NO18/c1-3-5-7-9-11-13-15-17-19-21-23-25-27-29-31-33-34-35-36-37-38-39-40-41-42-43-45-47-49-51-53-55-57-59-61-63-65-67-69-71-81(99)94-76(77(98)70-68-66-64-62-60-58-56-54-52-50-48-46-44-32-30-28-26-24-22-20-18-16-14-12-10-8-6-4-2)75-107-91-87(105)84(102)89(79(73-96)109-91)112-93-88(106)85(103)90(80(74-97)110-93)111-92-86(104)83(101)82(100)78(72-95)108-92/h5,7,11,13,17,19,23,25,29,31,60,62,68,70,76-80,82-93,95-98,100-106H,3-4,6,8-10,12,14-16,18,20-22,24,26-28,30,32-59,61,63-67,69,71-75H2,1-2H3,(H,94,99)/b7-5-,13-11-,19-17-,25-23-,31-29-,62-60+,70-68+. The number of ether oxygens (including phenoxy) is 6. The normalized spacial score (nSPS) is 25.3. The molecule has 0 radical (unpaired) electrons. The molecule has 17 atom stereocenters. The molecule has 0 saturated carbocycles.